The third-order valence-electron chi connectivity index (χ3n) is 5.51. The minimum Gasteiger partial charge on any atom is -0.488 e. The van der Waals surface area contributed by atoms with E-state index in [0.29, 0.717) is 44.9 Å². The summed E-state index contributed by atoms with van der Waals surface area (Å²) in [6, 6.07) is 10.1. The number of sulfonamides is 1. The summed E-state index contributed by atoms with van der Waals surface area (Å²) in [7, 11) is -4.04. The lowest BCUT2D eigenvalue weighted by Crippen LogP contribution is -2.49. The van der Waals surface area contributed by atoms with Crippen LogP contribution >= 0.6 is 34.8 Å². The molecule has 0 aromatic heterocycles. The third-order valence-corrected chi connectivity index (χ3v) is 8.34. The number of carbonyl (C=O) groups is 1. The van der Waals surface area contributed by atoms with E-state index < -0.39 is 16.1 Å². The smallest absolute Gasteiger partial charge is 0.244 e. The van der Waals surface area contributed by atoms with Gasteiger partial charge in [-0.1, -0.05) is 34.8 Å². The van der Waals surface area contributed by atoms with Gasteiger partial charge in [0, 0.05) is 34.3 Å². The van der Waals surface area contributed by atoms with Crippen molar-refractivity contribution in [2.45, 2.75) is 30.2 Å². The lowest BCUT2D eigenvalue weighted by atomic mass is 10.1. The predicted octanol–water partition coefficient (Wildman–Crippen LogP) is 4.70. The van der Waals surface area contributed by atoms with Gasteiger partial charge in [-0.3, -0.25) is 4.79 Å². The molecule has 10 heteroatoms. The normalized spacial score (nSPS) is 19.2. The Morgan fingerprint density at radius 3 is 2.50 bits per heavy atom. The molecule has 1 unspecified atom stereocenters. The van der Waals surface area contributed by atoms with Gasteiger partial charge in [0.15, 0.2) is 0 Å². The van der Waals surface area contributed by atoms with E-state index in [1.54, 1.807) is 18.2 Å². The fourth-order valence-corrected chi connectivity index (χ4v) is 6.00. The summed E-state index contributed by atoms with van der Waals surface area (Å²) in [5, 5.41) is 4.10. The maximum absolute atomic E-state index is 13.7. The van der Waals surface area contributed by atoms with Gasteiger partial charge in [0.05, 0.1) is 9.93 Å². The molecule has 32 heavy (non-hydrogen) atoms. The quantitative estimate of drug-likeness (QED) is 0.626. The fraction of sp³-hybridized carbons (Fsp3) is 0.318. The Bertz CT molecular complexity index is 1170. The maximum Gasteiger partial charge on any atom is 0.244 e. The van der Waals surface area contributed by atoms with Crippen LogP contribution in [-0.4, -0.2) is 44.4 Å². The Kier molecular flexibility index (Phi) is 7.03. The molecule has 1 amide bonds. The number of rotatable bonds is 5. The van der Waals surface area contributed by atoms with E-state index in [2.05, 4.69) is 5.32 Å². The summed E-state index contributed by atoms with van der Waals surface area (Å²) in [5.41, 5.74) is 1.14. The largest absolute Gasteiger partial charge is 0.488 e. The number of nitrogens with one attached hydrogen (secondary N) is 1. The molecule has 0 aliphatic carbocycles. The standard InChI is InChI=1S/C22H21Cl3N2O4S/c23-15-4-7-17(8-5-15)32(29,30)27(19-3-1-2-10-26-22(19)28)12-14-13-31-20-9-6-16(24)11-18(20)21(14)25/h4-9,11,19H,1-3,10,12-13H2,(H,26,28). The van der Waals surface area contributed by atoms with Crippen molar-refractivity contribution < 1.29 is 17.9 Å². The highest BCUT2D eigenvalue weighted by Gasteiger charge is 2.38. The summed E-state index contributed by atoms with van der Waals surface area (Å²) in [4.78, 5) is 12.9. The summed E-state index contributed by atoms with van der Waals surface area (Å²) < 4.78 is 34.3. The van der Waals surface area contributed by atoms with Gasteiger partial charge in [0.1, 0.15) is 18.4 Å². The topological polar surface area (TPSA) is 75.7 Å². The zero-order chi connectivity index (χ0) is 22.9. The van der Waals surface area contributed by atoms with E-state index in [0.717, 1.165) is 12.8 Å². The second-order valence-corrected chi connectivity index (χ2v) is 10.8. The first-order valence-electron chi connectivity index (χ1n) is 10.1. The Labute approximate surface area is 202 Å². The van der Waals surface area contributed by atoms with Crippen molar-refractivity contribution >= 4 is 55.8 Å². The highest BCUT2D eigenvalue weighted by molar-refractivity contribution is 7.89. The molecule has 1 fully saturated rings. The van der Waals surface area contributed by atoms with Crippen LogP contribution in [0.3, 0.4) is 0 Å². The molecule has 0 saturated carbocycles. The number of nitrogens with zero attached hydrogens (tertiary/aromatic N) is 1. The summed E-state index contributed by atoms with van der Waals surface area (Å²) in [5.74, 6) is 0.249. The zero-order valence-electron chi connectivity index (χ0n) is 17.0. The lowest BCUT2D eigenvalue weighted by Gasteiger charge is -2.31. The molecular weight excluding hydrogens is 495 g/mol. The van der Waals surface area contributed by atoms with Gasteiger partial charge in [-0.05, 0) is 61.7 Å². The average molecular weight is 516 g/mol. The average Bonchev–Trinajstić information content (AvgIpc) is 2.98. The molecule has 0 radical (unpaired) electrons. The van der Waals surface area contributed by atoms with Gasteiger partial charge >= 0.3 is 0 Å². The molecule has 4 rings (SSSR count). The summed E-state index contributed by atoms with van der Waals surface area (Å²) in [6.07, 6.45) is 1.92. The fourth-order valence-electron chi connectivity index (χ4n) is 3.82. The molecule has 0 bridgehead atoms. The van der Waals surface area contributed by atoms with Crippen LogP contribution in [0.25, 0.3) is 5.03 Å². The molecule has 2 aliphatic heterocycles. The second-order valence-electron chi connectivity index (χ2n) is 7.65. The van der Waals surface area contributed by atoms with Crippen molar-refractivity contribution in [3.05, 3.63) is 63.6 Å². The van der Waals surface area contributed by atoms with Crippen LogP contribution < -0.4 is 10.1 Å². The van der Waals surface area contributed by atoms with Crippen molar-refractivity contribution in [3.63, 3.8) is 0 Å². The maximum atomic E-state index is 13.7. The minimum atomic E-state index is -4.04. The van der Waals surface area contributed by atoms with E-state index in [4.69, 9.17) is 39.5 Å². The number of amides is 1. The van der Waals surface area contributed by atoms with Gasteiger partial charge in [-0.25, -0.2) is 8.42 Å². The van der Waals surface area contributed by atoms with Crippen molar-refractivity contribution in [2.24, 2.45) is 0 Å². The van der Waals surface area contributed by atoms with Crippen molar-refractivity contribution in [1.29, 1.82) is 0 Å². The first-order valence-corrected chi connectivity index (χ1v) is 12.7. The van der Waals surface area contributed by atoms with E-state index in [9.17, 15) is 13.2 Å². The number of halogens is 3. The Morgan fingerprint density at radius 2 is 1.75 bits per heavy atom. The molecule has 1 atom stereocenters. The van der Waals surface area contributed by atoms with E-state index in [-0.39, 0.29) is 24.0 Å². The van der Waals surface area contributed by atoms with Crippen LogP contribution in [0.4, 0.5) is 0 Å². The first kappa shape index (κ1) is 23.4. The molecular formula is C22H21Cl3N2O4S. The van der Waals surface area contributed by atoms with Crippen molar-refractivity contribution in [3.8, 4) is 5.75 Å². The minimum absolute atomic E-state index is 0.0517. The molecule has 2 aliphatic rings. The van der Waals surface area contributed by atoms with Gasteiger partial charge in [-0.2, -0.15) is 4.31 Å². The predicted molar refractivity (Wildman–Crippen MR) is 126 cm³/mol. The Balaban J connectivity index is 1.77. The number of fused-ring (bicyclic) bond motifs is 1. The number of ether oxygens (including phenoxy) is 1. The van der Waals surface area contributed by atoms with Crippen molar-refractivity contribution in [1.82, 2.24) is 9.62 Å². The Morgan fingerprint density at radius 1 is 1.03 bits per heavy atom. The second kappa shape index (κ2) is 9.61. The monoisotopic (exact) mass is 514 g/mol. The van der Waals surface area contributed by atoms with Crippen LogP contribution in [0.15, 0.2) is 52.9 Å². The van der Waals surface area contributed by atoms with Crippen molar-refractivity contribution in [2.75, 3.05) is 19.7 Å². The van der Waals surface area contributed by atoms with Gasteiger partial charge in [0.2, 0.25) is 15.9 Å². The molecule has 1 saturated heterocycles. The SMILES string of the molecule is O=C1NCCCCC1N(CC1=C(Cl)c2cc(Cl)ccc2OC1)S(=O)(=O)c1ccc(Cl)cc1. The van der Waals surface area contributed by atoms with Gasteiger partial charge in [-0.15, -0.1) is 0 Å². The number of carbonyl (C=O) groups excluding carboxylic acids is 1. The Hall–Kier alpha value is -1.77. The lowest BCUT2D eigenvalue weighted by molar-refractivity contribution is -0.124. The number of hydrogen-bond acceptors (Lipinski definition) is 4. The summed E-state index contributed by atoms with van der Waals surface area (Å²) >= 11 is 18.7. The van der Waals surface area contributed by atoms with Gasteiger partial charge in [0.25, 0.3) is 0 Å². The van der Waals surface area contributed by atoms with E-state index in [1.165, 1.54) is 28.6 Å². The van der Waals surface area contributed by atoms with E-state index in [1.807, 2.05) is 0 Å². The number of hydrogen-bond donors (Lipinski definition) is 1. The molecule has 2 aromatic rings. The van der Waals surface area contributed by atoms with Crippen LogP contribution in [0.5, 0.6) is 5.75 Å². The molecule has 1 N–H and O–H groups in total. The highest BCUT2D eigenvalue weighted by atomic mass is 35.5. The third kappa shape index (κ3) is 4.77. The van der Waals surface area contributed by atoms with Crippen LogP contribution in [0, 0.1) is 0 Å². The zero-order valence-corrected chi connectivity index (χ0v) is 20.1. The van der Waals surface area contributed by atoms with Gasteiger partial charge < -0.3 is 10.1 Å². The molecule has 170 valence electrons. The summed E-state index contributed by atoms with van der Waals surface area (Å²) in [6.45, 7) is 0.533. The number of benzene rings is 2. The highest BCUT2D eigenvalue weighted by Crippen LogP contribution is 2.38. The van der Waals surface area contributed by atoms with Crippen LogP contribution in [-0.2, 0) is 14.8 Å². The van der Waals surface area contributed by atoms with Crippen LogP contribution in [0.1, 0.15) is 24.8 Å². The van der Waals surface area contributed by atoms with E-state index >= 15 is 0 Å². The molecule has 2 heterocycles. The molecule has 6 nitrogen and oxygen atoms in total. The first-order chi connectivity index (χ1) is 15.3. The van der Waals surface area contributed by atoms with Crippen LogP contribution in [0.2, 0.25) is 10.0 Å². The molecule has 2 aromatic carbocycles. The molecule has 0 spiro atoms.